The lowest BCUT2D eigenvalue weighted by Gasteiger charge is -2.20. The average molecular weight is 362 g/mol. The summed E-state index contributed by atoms with van der Waals surface area (Å²) in [5.74, 6) is 0.805. The molecule has 0 saturated heterocycles. The summed E-state index contributed by atoms with van der Waals surface area (Å²) in [5, 5.41) is 7.70. The molecule has 0 saturated carbocycles. The molecule has 2 amide bonds. The second kappa shape index (κ2) is 7.53. The second-order valence-corrected chi connectivity index (χ2v) is 6.55. The van der Waals surface area contributed by atoms with Crippen molar-refractivity contribution in [3.05, 3.63) is 66.4 Å². The zero-order valence-electron chi connectivity index (χ0n) is 15.3. The zero-order chi connectivity index (χ0) is 18.6. The number of para-hydroxylation sites is 1. The number of nitrogens with zero attached hydrogens (tertiary/aromatic N) is 3. The van der Waals surface area contributed by atoms with Crippen molar-refractivity contribution in [1.82, 2.24) is 14.7 Å². The van der Waals surface area contributed by atoms with E-state index in [-0.39, 0.29) is 6.03 Å². The van der Waals surface area contributed by atoms with Gasteiger partial charge in [0, 0.05) is 24.3 Å². The Kier molecular flexibility index (Phi) is 4.78. The van der Waals surface area contributed by atoms with Gasteiger partial charge in [-0.25, -0.2) is 4.79 Å². The van der Waals surface area contributed by atoms with Gasteiger partial charge < -0.3 is 15.0 Å². The number of nitrogens with one attached hydrogen (secondary N) is 1. The van der Waals surface area contributed by atoms with Crippen LogP contribution in [0.4, 0.5) is 10.5 Å². The van der Waals surface area contributed by atoms with Crippen molar-refractivity contribution < 1.29 is 9.53 Å². The van der Waals surface area contributed by atoms with Gasteiger partial charge in [0.1, 0.15) is 5.75 Å². The van der Waals surface area contributed by atoms with Crippen molar-refractivity contribution in [2.75, 3.05) is 19.0 Å². The molecule has 3 aromatic rings. The highest BCUT2D eigenvalue weighted by Crippen LogP contribution is 2.25. The summed E-state index contributed by atoms with van der Waals surface area (Å²) < 4.78 is 7.31. The molecule has 0 aliphatic carbocycles. The maximum Gasteiger partial charge on any atom is 0.322 e. The van der Waals surface area contributed by atoms with Crippen molar-refractivity contribution in [3.63, 3.8) is 0 Å². The van der Waals surface area contributed by atoms with Crippen LogP contribution >= 0.6 is 0 Å². The van der Waals surface area contributed by atoms with Crippen molar-refractivity contribution in [1.29, 1.82) is 0 Å². The van der Waals surface area contributed by atoms with Crippen LogP contribution in [-0.2, 0) is 13.1 Å². The molecule has 0 spiro atoms. The van der Waals surface area contributed by atoms with Gasteiger partial charge in [-0.1, -0.05) is 30.3 Å². The number of aromatic nitrogens is 2. The molecule has 2 aromatic carbocycles. The Morgan fingerprint density at radius 3 is 2.74 bits per heavy atom. The maximum absolute atomic E-state index is 12.7. The largest absolute Gasteiger partial charge is 0.497 e. The summed E-state index contributed by atoms with van der Waals surface area (Å²) in [6.07, 6.45) is 0.869. The number of anilines is 1. The van der Waals surface area contributed by atoms with Gasteiger partial charge in [-0.15, -0.1) is 0 Å². The molecule has 1 aliphatic rings. The van der Waals surface area contributed by atoms with E-state index < -0.39 is 0 Å². The first kappa shape index (κ1) is 17.1. The number of benzene rings is 2. The lowest BCUT2D eigenvalue weighted by molar-refractivity contribution is 0.210. The molecule has 0 unspecified atom stereocenters. The number of carbonyl (C=O) groups excluding carboxylic acids is 1. The lowest BCUT2D eigenvalue weighted by atomic mass is 10.1. The van der Waals surface area contributed by atoms with Gasteiger partial charge in [0.05, 0.1) is 25.0 Å². The Balaban J connectivity index is 1.53. The second-order valence-electron chi connectivity index (χ2n) is 6.55. The molecule has 6 nitrogen and oxygen atoms in total. The van der Waals surface area contributed by atoms with Gasteiger partial charge in [0.25, 0.3) is 0 Å². The molecule has 138 valence electrons. The van der Waals surface area contributed by atoms with E-state index in [2.05, 4.69) is 11.4 Å². The van der Waals surface area contributed by atoms with Gasteiger partial charge in [-0.3, -0.25) is 4.68 Å². The van der Waals surface area contributed by atoms with Crippen LogP contribution in [0, 0.1) is 0 Å². The average Bonchev–Trinajstić information content (AvgIpc) is 3.00. The highest BCUT2D eigenvalue weighted by Gasteiger charge is 2.21. The molecule has 0 bridgehead atoms. The number of fused-ring (bicyclic) bond motifs is 1. The summed E-state index contributed by atoms with van der Waals surface area (Å²) in [6.45, 7) is 2.04. The maximum atomic E-state index is 12.7. The first-order chi connectivity index (χ1) is 13.2. The predicted octanol–water partition coefficient (Wildman–Crippen LogP) is 4.00. The van der Waals surface area contributed by atoms with E-state index >= 15 is 0 Å². The minimum atomic E-state index is -0.0845. The first-order valence-corrected chi connectivity index (χ1v) is 9.05. The Morgan fingerprint density at radius 2 is 1.93 bits per heavy atom. The molecule has 1 N–H and O–H groups in total. The van der Waals surface area contributed by atoms with E-state index in [9.17, 15) is 4.79 Å². The number of carbonyl (C=O) groups is 1. The number of methoxy groups -OCH3 is 1. The molecule has 4 rings (SSSR count). The monoisotopic (exact) mass is 362 g/mol. The third-order valence-electron chi connectivity index (χ3n) is 4.69. The summed E-state index contributed by atoms with van der Waals surface area (Å²) in [7, 11) is 1.66. The summed E-state index contributed by atoms with van der Waals surface area (Å²) in [6, 6.07) is 19.4. The fourth-order valence-electron chi connectivity index (χ4n) is 3.28. The van der Waals surface area contributed by atoms with E-state index in [1.165, 1.54) is 0 Å². The number of aryl methyl sites for hydroxylation is 1. The number of amides is 2. The van der Waals surface area contributed by atoms with Gasteiger partial charge in [0.2, 0.25) is 0 Å². The normalized spacial score (nSPS) is 13.6. The minimum absolute atomic E-state index is 0.0845. The summed E-state index contributed by atoms with van der Waals surface area (Å²) in [5.41, 5.74) is 3.75. The van der Waals surface area contributed by atoms with Gasteiger partial charge in [-0.2, -0.15) is 5.10 Å². The Labute approximate surface area is 158 Å². The molecule has 2 heterocycles. The molecule has 0 fully saturated rings. The fraction of sp³-hybridized carbons (Fsp3) is 0.238. The van der Waals surface area contributed by atoms with Crippen molar-refractivity contribution >= 4 is 11.7 Å². The smallest absolute Gasteiger partial charge is 0.322 e. The molecule has 1 aromatic heterocycles. The fourth-order valence-corrected chi connectivity index (χ4v) is 3.28. The first-order valence-electron chi connectivity index (χ1n) is 9.05. The van der Waals surface area contributed by atoms with E-state index in [0.29, 0.717) is 13.1 Å². The van der Waals surface area contributed by atoms with Crippen LogP contribution in [0.5, 0.6) is 5.75 Å². The number of rotatable bonds is 3. The van der Waals surface area contributed by atoms with Gasteiger partial charge in [0.15, 0.2) is 0 Å². The Morgan fingerprint density at radius 1 is 1.07 bits per heavy atom. The molecule has 0 radical (unpaired) electrons. The Bertz CT molecular complexity index is 936. The quantitative estimate of drug-likeness (QED) is 0.766. The van der Waals surface area contributed by atoms with Crippen LogP contribution in [-0.4, -0.2) is 34.4 Å². The van der Waals surface area contributed by atoms with Crippen molar-refractivity contribution in [3.8, 4) is 17.0 Å². The third kappa shape index (κ3) is 3.79. The minimum Gasteiger partial charge on any atom is -0.497 e. The summed E-state index contributed by atoms with van der Waals surface area (Å²) >= 11 is 0. The Hall–Kier alpha value is -3.28. The molecular weight excluding hydrogens is 340 g/mol. The molecule has 27 heavy (non-hydrogen) atoms. The van der Waals surface area contributed by atoms with Crippen LogP contribution in [0.1, 0.15) is 12.1 Å². The van der Waals surface area contributed by atoms with Crippen LogP contribution in [0.15, 0.2) is 60.7 Å². The van der Waals surface area contributed by atoms with Crippen molar-refractivity contribution in [2.45, 2.75) is 19.5 Å². The summed E-state index contributed by atoms with van der Waals surface area (Å²) in [4.78, 5) is 14.5. The standard InChI is InChI=1S/C21H22N4O2/c1-27-19-10-5-7-16(13-19)20-14-18-15-24(11-6-12-25(18)23-20)21(26)22-17-8-3-2-4-9-17/h2-5,7-10,13-14H,6,11-12,15H2,1H3,(H,22,26). The van der Waals surface area contributed by atoms with Crippen LogP contribution in [0.2, 0.25) is 0 Å². The highest BCUT2D eigenvalue weighted by molar-refractivity contribution is 5.89. The topological polar surface area (TPSA) is 59.4 Å². The van der Waals surface area contributed by atoms with Crippen molar-refractivity contribution in [2.24, 2.45) is 0 Å². The van der Waals surface area contributed by atoms with E-state index in [4.69, 9.17) is 9.84 Å². The molecule has 0 atom stereocenters. The third-order valence-corrected chi connectivity index (χ3v) is 4.69. The zero-order valence-corrected chi connectivity index (χ0v) is 15.3. The number of hydrogen-bond donors (Lipinski definition) is 1. The number of ether oxygens (including phenoxy) is 1. The van der Waals surface area contributed by atoms with E-state index in [1.54, 1.807) is 7.11 Å². The molecular formula is C21H22N4O2. The number of hydrogen-bond acceptors (Lipinski definition) is 3. The van der Waals surface area contributed by atoms with Gasteiger partial charge in [-0.05, 0) is 36.8 Å². The number of urea groups is 1. The molecule has 6 heteroatoms. The predicted molar refractivity (Wildman–Crippen MR) is 105 cm³/mol. The highest BCUT2D eigenvalue weighted by atomic mass is 16.5. The van der Waals surface area contributed by atoms with Crippen LogP contribution in [0.25, 0.3) is 11.3 Å². The van der Waals surface area contributed by atoms with Crippen LogP contribution in [0.3, 0.4) is 0 Å². The molecule has 1 aliphatic heterocycles. The SMILES string of the molecule is COc1cccc(-c2cc3n(n2)CCCN(C(=O)Nc2ccccc2)C3)c1. The van der Waals surface area contributed by atoms with E-state index in [0.717, 1.165) is 41.4 Å². The lowest BCUT2D eigenvalue weighted by Crippen LogP contribution is -2.34. The van der Waals surface area contributed by atoms with Gasteiger partial charge >= 0.3 is 6.03 Å². The van der Waals surface area contributed by atoms with E-state index in [1.807, 2.05) is 64.2 Å². The van der Waals surface area contributed by atoms with Crippen LogP contribution < -0.4 is 10.1 Å².